The molecule has 1 fully saturated rings. The van der Waals surface area contributed by atoms with Gasteiger partial charge in [0.25, 0.3) is 5.91 Å². The van der Waals surface area contributed by atoms with Crippen molar-refractivity contribution in [2.75, 3.05) is 30.4 Å². The summed E-state index contributed by atoms with van der Waals surface area (Å²) in [6.07, 6.45) is 2.38. The van der Waals surface area contributed by atoms with Gasteiger partial charge in [-0.1, -0.05) is 23.7 Å². The summed E-state index contributed by atoms with van der Waals surface area (Å²) in [5, 5.41) is 6.56. The minimum atomic E-state index is -0.326. The molecule has 0 atom stereocenters. The van der Waals surface area contributed by atoms with E-state index in [1.807, 2.05) is 31.2 Å². The van der Waals surface area contributed by atoms with Gasteiger partial charge in [-0.05, 0) is 61.8 Å². The number of rotatable bonds is 4. The molecule has 0 unspecified atom stereocenters. The topological polar surface area (TPSA) is 53.6 Å². The van der Waals surface area contributed by atoms with Crippen molar-refractivity contribution in [2.24, 2.45) is 0 Å². The van der Waals surface area contributed by atoms with Gasteiger partial charge in [0.1, 0.15) is 5.75 Å². The number of anilines is 2. The minimum Gasteiger partial charge on any atom is -0.496 e. The van der Waals surface area contributed by atoms with Gasteiger partial charge < -0.3 is 15.0 Å². The molecule has 2 aromatic carbocycles. The number of nitrogens with one attached hydrogen (secondary N) is 2. The molecule has 0 aliphatic carbocycles. The number of amides is 1. The first-order valence-electron chi connectivity index (χ1n) is 8.80. The smallest absolute Gasteiger partial charge is 0.261 e. The second kappa shape index (κ2) is 8.59. The van der Waals surface area contributed by atoms with Gasteiger partial charge >= 0.3 is 0 Å². The Bertz CT molecular complexity index is 866. The first-order valence-corrected chi connectivity index (χ1v) is 9.58. The monoisotopic (exact) mass is 403 g/mol. The van der Waals surface area contributed by atoms with Crippen molar-refractivity contribution in [3.8, 4) is 5.75 Å². The maximum absolute atomic E-state index is 12.5. The Morgan fingerprint density at radius 3 is 2.63 bits per heavy atom. The van der Waals surface area contributed by atoms with E-state index in [-0.39, 0.29) is 11.0 Å². The van der Waals surface area contributed by atoms with E-state index in [1.165, 1.54) is 12.8 Å². The standard InChI is InChI=1S/C20H22ClN3O2S/c1-13-6-5-7-15(18(13)26-2)19(25)23-20(27)22-14-8-9-17(16(21)12-14)24-10-3-4-11-24/h5-9,12H,3-4,10-11H2,1-2H3,(H2,22,23,25,27). The number of carbonyl (C=O) groups excluding carboxylic acids is 1. The van der Waals surface area contributed by atoms with Gasteiger partial charge in [-0.25, -0.2) is 0 Å². The van der Waals surface area contributed by atoms with Crippen LogP contribution in [0, 0.1) is 6.92 Å². The average Bonchev–Trinajstić information content (AvgIpc) is 3.15. The van der Waals surface area contributed by atoms with E-state index in [9.17, 15) is 4.79 Å². The summed E-state index contributed by atoms with van der Waals surface area (Å²) in [5.41, 5.74) is 3.07. The zero-order valence-electron chi connectivity index (χ0n) is 15.3. The molecule has 1 amide bonds. The number of thiocarbonyl (C=S) groups is 1. The Hall–Kier alpha value is -2.31. The molecule has 5 nitrogen and oxygen atoms in total. The summed E-state index contributed by atoms with van der Waals surface area (Å²) in [6.45, 7) is 3.94. The zero-order valence-corrected chi connectivity index (χ0v) is 16.9. The van der Waals surface area contributed by atoms with Crippen molar-refractivity contribution >= 4 is 46.2 Å². The molecule has 0 radical (unpaired) electrons. The number of aryl methyl sites for hydroxylation is 1. The largest absolute Gasteiger partial charge is 0.496 e. The molecular formula is C20H22ClN3O2S. The third-order valence-corrected chi connectivity index (χ3v) is 5.05. The van der Waals surface area contributed by atoms with Crippen LogP contribution in [0.4, 0.5) is 11.4 Å². The molecule has 142 valence electrons. The van der Waals surface area contributed by atoms with Crippen LogP contribution in [0.1, 0.15) is 28.8 Å². The number of carbonyl (C=O) groups is 1. The molecule has 27 heavy (non-hydrogen) atoms. The molecule has 7 heteroatoms. The van der Waals surface area contributed by atoms with Crippen molar-refractivity contribution in [1.82, 2.24) is 5.32 Å². The summed E-state index contributed by atoms with van der Waals surface area (Å²) in [4.78, 5) is 14.8. The molecule has 0 aromatic heterocycles. The van der Waals surface area contributed by atoms with Crippen LogP contribution in [0.5, 0.6) is 5.75 Å². The predicted molar refractivity (Wildman–Crippen MR) is 114 cm³/mol. The van der Waals surface area contributed by atoms with Gasteiger partial charge in [0.2, 0.25) is 0 Å². The number of methoxy groups -OCH3 is 1. The van der Waals surface area contributed by atoms with Crippen LogP contribution in [-0.4, -0.2) is 31.2 Å². The molecule has 1 heterocycles. The lowest BCUT2D eigenvalue weighted by Gasteiger charge is -2.20. The Morgan fingerprint density at radius 2 is 1.96 bits per heavy atom. The number of ether oxygens (including phenoxy) is 1. The molecule has 0 saturated carbocycles. The van der Waals surface area contributed by atoms with Crippen molar-refractivity contribution in [1.29, 1.82) is 0 Å². The second-order valence-electron chi connectivity index (χ2n) is 6.42. The third kappa shape index (κ3) is 4.51. The van der Waals surface area contributed by atoms with Gasteiger partial charge in [-0.15, -0.1) is 0 Å². The van der Waals surface area contributed by atoms with Gasteiger partial charge in [0, 0.05) is 18.8 Å². The molecule has 0 spiro atoms. The lowest BCUT2D eigenvalue weighted by Crippen LogP contribution is -2.34. The number of nitrogens with zero attached hydrogens (tertiary/aromatic N) is 1. The average molecular weight is 404 g/mol. The number of benzene rings is 2. The first kappa shape index (κ1) is 19.5. The molecule has 1 aliphatic rings. The fourth-order valence-corrected chi connectivity index (χ4v) is 3.74. The molecule has 1 aliphatic heterocycles. The van der Waals surface area contributed by atoms with Gasteiger partial charge in [-0.3, -0.25) is 10.1 Å². The van der Waals surface area contributed by atoms with E-state index >= 15 is 0 Å². The number of hydrogen-bond donors (Lipinski definition) is 2. The Kier molecular flexibility index (Phi) is 6.19. The predicted octanol–water partition coefficient (Wildman–Crippen LogP) is 4.38. The van der Waals surface area contributed by atoms with Crippen LogP contribution in [0.15, 0.2) is 36.4 Å². The molecule has 3 rings (SSSR count). The van der Waals surface area contributed by atoms with E-state index in [4.69, 9.17) is 28.6 Å². The second-order valence-corrected chi connectivity index (χ2v) is 7.24. The van der Waals surface area contributed by atoms with Crippen LogP contribution in [-0.2, 0) is 0 Å². The van der Waals surface area contributed by atoms with Crippen LogP contribution < -0.4 is 20.3 Å². The maximum Gasteiger partial charge on any atom is 0.261 e. The maximum atomic E-state index is 12.5. The molecule has 0 bridgehead atoms. The van der Waals surface area contributed by atoms with E-state index < -0.39 is 0 Å². The van der Waals surface area contributed by atoms with Crippen LogP contribution in [0.3, 0.4) is 0 Å². The Balaban J connectivity index is 1.66. The van der Waals surface area contributed by atoms with Crippen LogP contribution in [0.25, 0.3) is 0 Å². The van der Waals surface area contributed by atoms with Crippen LogP contribution in [0.2, 0.25) is 5.02 Å². The van der Waals surface area contributed by atoms with Gasteiger partial charge in [0.05, 0.1) is 23.4 Å². The summed E-state index contributed by atoms with van der Waals surface area (Å²) < 4.78 is 5.33. The zero-order chi connectivity index (χ0) is 19.4. The minimum absolute atomic E-state index is 0.202. The molecule has 2 N–H and O–H groups in total. The van der Waals surface area contributed by atoms with E-state index in [0.29, 0.717) is 16.3 Å². The highest BCUT2D eigenvalue weighted by molar-refractivity contribution is 7.80. The molecule has 1 saturated heterocycles. The van der Waals surface area contributed by atoms with E-state index in [0.717, 1.165) is 30.0 Å². The fourth-order valence-electron chi connectivity index (χ4n) is 3.23. The molecule has 2 aromatic rings. The first-order chi connectivity index (χ1) is 13.0. The Morgan fingerprint density at radius 1 is 1.22 bits per heavy atom. The van der Waals surface area contributed by atoms with Gasteiger partial charge in [-0.2, -0.15) is 0 Å². The lowest BCUT2D eigenvalue weighted by atomic mass is 10.1. The van der Waals surface area contributed by atoms with Crippen molar-refractivity contribution in [3.05, 3.63) is 52.5 Å². The van der Waals surface area contributed by atoms with Gasteiger partial charge in [0.15, 0.2) is 5.11 Å². The number of para-hydroxylation sites is 1. The van der Waals surface area contributed by atoms with Crippen molar-refractivity contribution in [3.63, 3.8) is 0 Å². The highest BCUT2D eigenvalue weighted by atomic mass is 35.5. The van der Waals surface area contributed by atoms with Crippen LogP contribution >= 0.6 is 23.8 Å². The quantitative estimate of drug-likeness (QED) is 0.742. The molecular weight excluding hydrogens is 382 g/mol. The van der Waals surface area contributed by atoms with Crippen molar-refractivity contribution in [2.45, 2.75) is 19.8 Å². The number of halogens is 1. The Labute approximate surface area is 169 Å². The lowest BCUT2D eigenvalue weighted by molar-refractivity contribution is 0.0974. The van der Waals surface area contributed by atoms with E-state index in [2.05, 4.69) is 15.5 Å². The highest BCUT2D eigenvalue weighted by Crippen LogP contribution is 2.31. The number of hydrogen-bond acceptors (Lipinski definition) is 4. The fraction of sp³-hybridized carbons (Fsp3) is 0.300. The SMILES string of the molecule is COc1c(C)cccc1C(=O)NC(=S)Nc1ccc(N2CCCC2)c(Cl)c1. The van der Waals surface area contributed by atoms with E-state index in [1.54, 1.807) is 19.2 Å². The third-order valence-electron chi connectivity index (χ3n) is 4.54. The summed E-state index contributed by atoms with van der Waals surface area (Å²) >= 11 is 11.7. The summed E-state index contributed by atoms with van der Waals surface area (Å²) in [7, 11) is 1.54. The summed E-state index contributed by atoms with van der Waals surface area (Å²) in [6, 6.07) is 11.1. The summed E-state index contributed by atoms with van der Waals surface area (Å²) in [5.74, 6) is 0.212. The van der Waals surface area contributed by atoms with Crippen molar-refractivity contribution < 1.29 is 9.53 Å². The normalized spacial score (nSPS) is 13.4. The highest BCUT2D eigenvalue weighted by Gasteiger charge is 2.17.